The maximum Gasteiger partial charge on any atom is 0.218 e. The molecular weight excluding hydrogens is 218 g/mol. The third-order valence-corrected chi connectivity index (χ3v) is 2.13. The Morgan fingerprint density at radius 1 is 1.41 bits per heavy atom. The quantitative estimate of drug-likeness (QED) is 0.859. The molecule has 0 radical (unpaired) electrons. The number of aryl methyl sites for hydroxylation is 1. The van der Waals surface area contributed by atoms with Crippen LogP contribution in [-0.4, -0.2) is 16.6 Å². The van der Waals surface area contributed by atoms with Gasteiger partial charge in [0, 0.05) is 6.07 Å². The monoisotopic (exact) mass is 233 g/mol. The third-order valence-electron chi connectivity index (χ3n) is 2.13. The maximum absolute atomic E-state index is 5.35. The predicted molar refractivity (Wildman–Crippen MR) is 64.0 cm³/mol. The fourth-order valence-electron chi connectivity index (χ4n) is 1.44. The van der Waals surface area contributed by atoms with Crippen molar-refractivity contribution in [2.24, 2.45) is 0 Å². The Labute approximate surface area is 99.8 Å². The van der Waals surface area contributed by atoms with Crippen molar-refractivity contribution in [3.63, 3.8) is 0 Å². The Hall–Kier alpha value is -2.04. The zero-order valence-corrected chi connectivity index (χ0v) is 9.93. The highest BCUT2D eigenvalue weighted by atomic mass is 16.5. The molecule has 2 heterocycles. The van der Waals surface area contributed by atoms with Crippen molar-refractivity contribution in [3.05, 3.63) is 36.0 Å². The second-order valence-electron chi connectivity index (χ2n) is 3.50. The molecule has 5 nitrogen and oxygen atoms in total. The Bertz CT molecular complexity index is 469. The SMILES string of the molecule is CCOc1cc(NCc2ccco2)nc(C)n1. The highest BCUT2D eigenvalue weighted by molar-refractivity contribution is 5.38. The lowest BCUT2D eigenvalue weighted by Crippen LogP contribution is -2.04. The normalized spacial score (nSPS) is 10.2. The van der Waals surface area contributed by atoms with Gasteiger partial charge in [0.1, 0.15) is 17.4 Å². The number of nitrogens with one attached hydrogen (secondary N) is 1. The van der Waals surface area contributed by atoms with Crippen LogP contribution in [0.15, 0.2) is 28.9 Å². The van der Waals surface area contributed by atoms with Crippen LogP contribution in [0.5, 0.6) is 5.88 Å². The molecule has 0 atom stereocenters. The molecule has 0 unspecified atom stereocenters. The largest absolute Gasteiger partial charge is 0.478 e. The molecule has 0 amide bonds. The summed E-state index contributed by atoms with van der Waals surface area (Å²) in [6.07, 6.45) is 1.65. The number of rotatable bonds is 5. The lowest BCUT2D eigenvalue weighted by atomic mass is 10.4. The first-order chi connectivity index (χ1) is 8.28. The van der Waals surface area contributed by atoms with Crippen LogP contribution in [0.25, 0.3) is 0 Å². The molecule has 90 valence electrons. The minimum Gasteiger partial charge on any atom is -0.478 e. The first-order valence-electron chi connectivity index (χ1n) is 5.52. The summed E-state index contributed by atoms with van der Waals surface area (Å²) in [6, 6.07) is 5.54. The summed E-state index contributed by atoms with van der Waals surface area (Å²) in [7, 11) is 0. The summed E-state index contributed by atoms with van der Waals surface area (Å²) in [5.41, 5.74) is 0. The lowest BCUT2D eigenvalue weighted by molar-refractivity contribution is 0.325. The van der Waals surface area contributed by atoms with Crippen molar-refractivity contribution < 1.29 is 9.15 Å². The lowest BCUT2D eigenvalue weighted by Gasteiger charge is -2.07. The molecule has 1 N–H and O–H groups in total. The van der Waals surface area contributed by atoms with E-state index in [2.05, 4.69) is 15.3 Å². The first-order valence-corrected chi connectivity index (χ1v) is 5.52. The summed E-state index contributed by atoms with van der Waals surface area (Å²) >= 11 is 0. The molecule has 0 aromatic carbocycles. The second kappa shape index (κ2) is 5.34. The van der Waals surface area contributed by atoms with Gasteiger partial charge in [-0.05, 0) is 26.0 Å². The van der Waals surface area contributed by atoms with Crippen LogP contribution in [0.1, 0.15) is 18.5 Å². The molecule has 0 saturated carbocycles. The van der Waals surface area contributed by atoms with Crippen molar-refractivity contribution in [1.82, 2.24) is 9.97 Å². The Kier molecular flexibility index (Phi) is 3.59. The minimum absolute atomic E-state index is 0.585. The summed E-state index contributed by atoms with van der Waals surface area (Å²) in [4.78, 5) is 8.44. The van der Waals surface area contributed by atoms with Gasteiger partial charge in [-0.25, -0.2) is 4.98 Å². The summed E-state index contributed by atoms with van der Waals surface area (Å²) in [6.45, 7) is 4.94. The zero-order chi connectivity index (χ0) is 12.1. The van der Waals surface area contributed by atoms with E-state index in [-0.39, 0.29) is 0 Å². The topological polar surface area (TPSA) is 60.2 Å². The van der Waals surface area contributed by atoms with Gasteiger partial charge in [0.2, 0.25) is 5.88 Å². The van der Waals surface area contributed by atoms with E-state index in [1.807, 2.05) is 26.0 Å². The Morgan fingerprint density at radius 3 is 3.00 bits per heavy atom. The third kappa shape index (κ3) is 3.21. The van der Waals surface area contributed by atoms with Crippen molar-refractivity contribution in [2.75, 3.05) is 11.9 Å². The highest BCUT2D eigenvalue weighted by Crippen LogP contribution is 2.14. The predicted octanol–water partition coefficient (Wildman–Crippen LogP) is 2.39. The Balaban J connectivity index is 2.04. The van der Waals surface area contributed by atoms with Crippen LogP contribution in [0, 0.1) is 6.92 Å². The Morgan fingerprint density at radius 2 is 2.29 bits per heavy atom. The van der Waals surface area contributed by atoms with Gasteiger partial charge in [0.25, 0.3) is 0 Å². The molecule has 2 aromatic heterocycles. The molecule has 0 saturated heterocycles. The van der Waals surface area contributed by atoms with Crippen LogP contribution in [-0.2, 0) is 6.54 Å². The fourth-order valence-corrected chi connectivity index (χ4v) is 1.44. The van der Waals surface area contributed by atoms with E-state index in [0.29, 0.717) is 24.9 Å². The molecular formula is C12H15N3O2. The van der Waals surface area contributed by atoms with E-state index < -0.39 is 0 Å². The second-order valence-corrected chi connectivity index (χ2v) is 3.50. The smallest absolute Gasteiger partial charge is 0.218 e. The van der Waals surface area contributed by atoms with Crippen LogP contribution >= 0.6 is 0 Å². The standard InChI is InChI=1S/C12H15N3O2/c1-3-16-12-7-11(14-9(2)15-12)13-8-10-5-4-6-17-10/h4-7H,3,8H2,1-2H3,(H,13,14,15). The molecule has 0 aliphatic heterocycles. The molecule has 17 heavy (non-hydrogen) atoms. The highest BCUT2D eigenvalue weighted by Gasteiger charge is 2.03. The van der Waals surface area contributed by atoms with Gasteiger partial charge in [-0.15, -0.1) is 0 Å². The molecule has 0 bridgehead atoms. The number of ether oxygens (including phenoxy) is 1. The zero-order valence-electron chi connectivity index (χ0n) is 9.93. The minimum atomic E-state index is 0.585. The van der Waals surface area contributed by atoms with Gasteiger partial charge < -0.3 is 14.5 Å². The van der Waals surface area contributed by atoms with Crippen molar-refractivity contribution in [2.45, 2.75) is 20.4 Å². The fraction of sp³-hybridized carbons (Fsp3) is 0.333. The van der Waals surface area contributed by atoms with E-state index in [9.17, 15) is 0 Å². The van der Waals surface area contributed by atoms with Crippen molar-refractivity contribution >= 4 is 5.82 Å². The number of aromatic nitrogens is 2. The van der Waals surface area contributed by atoms with Gasteiger partial charge in [0.05, 0.1) is 19.4 Å². The molecule has 5 heteroatoms. The summed E-state index contributed by atoms with van der Waals surface area (Å²) in [5.74, 6) is 2.86. The van der Waals surface area contributed by atoms with E-state index in [1.165, 1.54) is 0 Å². The summed E-state index contributed by atoms with van der Waals surface area (Å²) < 4.78 is 10.6. The molecule has 2 aromatic rings. The van der Waals surface area contributed by atoms with Gasteiger partial charge in [-0.1, -0.05) is 0 Å². The van der Waals surface area contributed by atoms with Gasteiger partial charge in [-0.3, -0.25) is 0 Å². The first kappa shape index (κ1) is 11.4. The average molecular weight is 233 g/mol. The molecule has 0 fully saturated rings. The van der Waals surface area contributed by atoms with Gasteiger partial charge >= 0.3 is 0 Å². The van der Waals surface area contributed by atoms with E-state index in [1.54, 1.807) is 12.3 Å². The van der Waals surface area contributed by atoms with Crippen LogP contribution < -0.4 is 10.1 Å². The van der Waals surface area contributed by atoms with Crippen LogP contribution in [0.4, 0.5) is 5.82 Å². The summed E-state index contributed by atoms with van der Waals surface area (Å²) in [5, 5.41) is 3.16. The maximum atomic E-state index is 5.35. The number of anilines is 1. The van der Waals surface area contributed by atoms with Crippen LogP contribution in [0.3, 0.4) is 0 Å². The van der Waals surface area contributed by atoms with Crippen molar-refractivity contribution in [1.29, 1.82) is 0 Å². The van der Waals surface area contributed by atoms with Gasteiger partial charge in [0.15, 0.2) is 0 Å². The number of hydrogen-bond acceptors (Lipinski definition) is 5. The van der Waals surface area contributed by atoms with E-state index in [4.69, 9.17) is 9.15 Å². The molecule has 0 spiro atoms. The number of nitrogens with zero attached hydrogens (tertiary/aromatic N) is 2. The van der Waals surface area contributed by atoms with Crippen molar-refractivity contribution in [3.8, 4) is 5.88 Å². The number of furan rings is 1. The number of hydrogen-bond donors (Lipinski definition) is 1. The molecule has 0 aliphatic carbocycles. The molecule has 2 rings (SSSR count). The van der Waals surface area contributed by atoms with Gasteiger partial charge in [-0.2, -0.15) is 4.98 Å². The van der Waals surface area contributed by atoms with Crippen LogP contribution in [0.2, 0.25) is 0 Å². The molecule has 0 aliphatic rings. The van der Waals surface area contributed by atoms with E-state index in [0.717, 1.165) is 11.6 Å². The van der Waals surface area contributed by atoms with E-state index >= 15 is 0 Å². The average Bonchev–Trinajstić information content (AvgIpc) is 2.79.